The minimum atomic E-state index is 0.565. The SMILES string of the molecule is CCc1nncn1CCNC(=NCc1ccc(OC)cc1)N(C)CCOc1ccccc1. The quantitative estimate of drug-likeness (QED) is 0.368. The van der Waals surface area contributed by atoms with Crippen LogP contribution in [0.3, 0.4) is 0 Å². The van der Waals surface area contributed by atoms with Crippen LogP contribution < -0.4 is 14.8 Å². The molecule has 2 aromatic carbocycles. The number of aromatic nitrogens is 3. The minimum absolute atomic E-state index is 0.565. The number of benzene rings is 2. The Hall–Kier alpha value is -3.55. The highest BCUT2D eigenvalue weighted by molar-refractivity contribution is 5.79. The molecule has 0 saturated carbocycles. The van der Waals surface area contributed by atoms with Crippen molar-refractivity contribution in [2.24, 2.45) is 4.99 Å². The second kappa shape index (κ2) is 12.3. The molecule has 0 saturated heterocycles. The van der Waals surface area contributed by atoms with Crippen LogP contribution in [0.4, 0.5) is 0 Å². The van der Waals surface area contributed by atoms with E-state index in [-0.39, 0.29) is 0 Å². The zero-order valence-corrected chi connectivity index (χ0v) is 19.1. The number of nitrogens with one attached hydrogen (secondary N) is 1. The normalized spacial score (nSPS) is 11.3. The third-order valence-electron chi connectivity index (χ3n) is 5.02. The molecule has 0 fully saturated rings. The Morgan fingerprint density at radius 1 is 1.09 bits per heavy atom. The Morgan fingerprint density at radius 2 is 1.88 bits per heavy atom. The van der Waals surface area contributed by atoms with E-state index in [2.05, 4.69) is 31.9 Å². The summed E-state index contributed by atoms with van der Waals surface area (Å²) in [6.45, 7) is 5.41. The Bertz CT molecular complexity index is 956. The van der Waals surface area contributed by atoms with Gasteiger partial charge >= 0.3 is 0 Å². The van der Waals surface area contributed by atoms with Crippen molar-refractivity contribution in [1.29, 1.82) is 0 Å². The Kier molecular flexibility index (Phi) is 8.92. The number of likely N-dealkylation sites (N-methyl/N-ethyl adjacent to an activating group) is 1. The highest BCUT2D eigenvalue weighted by Crippen LogP contribution is 2.12. The molecule has 0 aliphatic carbocycles. The van der Waals surface area contributed by atoms with Crippen LogP contribution in [-0.4, -0.2) is 59.5 Å². The van der Waals surface area contributed by atoms with Gasteiger partial charge in [0.25, 0.3) is 0 Å². The molecule has 1 N–H and O–H groups in total. The molecule has 1 heterocycles. The van der Waals surface area contributed by atoms with Crippen LogP contribution in [0.1, 0.15) is 18.3 Å². The molecule has 1 aromatic heterocycles. The van der Waals surface area contributed by atoms with Crippen LogP contribution in [0, 0.1) is 0 Å². The molecule has 0 radical (unpaired) electrons. The topological polar surface area (TPSA) is 76.8 Å². The summed E-state index contributed by atoms with van der Waals surface area (Å²) in [5, 5.41) is 11.6. The first-order chi connectivity index (χ1) is 15.7. The van der Waals surface area contributed by atoms with Crippen molar-refractivity contribution in [3.8, 4) is 11.5 Å². The summed E-state index contributed by atoms with van der Waals surface area (Å²) in [6, 6.07) is 17.8. The van der Waals surface area contributed by atoms with Gasteiger partial charge in [0.2, 0.25) is 0 Å². The molecule has 0 spiro atoms. The maximum Gasteiger partial charge on any atom is 0.194 e. The number of nitrogens with zero attached hydrogens (tertiary/aromatic N) is 5. The third kappa shape index (κ3) is 7.01. The number of para-hydroxylation sites is 1. The van der Waals surface area contributed by atoms with Gasteiger partial charge < -0.3 is 24.3 Å². The van der Waals surface area contributed by atoms with Crippen LogP contribution >= 0.6 is 0 Å². The Labute approximate surface area is 189 Å². The molecule has 170 valence electrons. The summed E-state index contributed by atoms with van der Waals surface area (Å²) in [7, 11) is 3.69. The Morgan fingerprint density at radius 3 is 2.59 bits per heavy atom. The highest BCUT2D eigenvalue weighted by Gasteiger charge is 2.08. The number of rotatable bonds is 11. The van der Waals surface area contributed by atoms with Crippen molar-refractivity contribution < 1.29 is 9.47 Å². The first-order valence-electron chi connectivity index (χ1n) is 10.9. The molecule has 3 aromatic rings. The number of guanidine groups is 1. The van der Waals surface area contributed by atoms with Gasteiger partial charge in [0.15, 0.2) is 5.96 Å². The minimum Gasteiger partial charge on any atom is -0.497 e. The van der Waals surface area contributed by atoms with Gasteiger partial charge in [0.1, 0.15) is 30.3 Å². The van der Waals surface area contributed by atoms with Crippen molar-refractivity contribution in [1.82, 2.24) is 25.0 Å². The maximum absolute atomic E-state index is 5.85. The lowest BCUT2D eigenvalue weighted by atomic mass is 10.2. The van der Waals surface area contributed by atoms with E-state index in [1.165, 1.54) is 0 Å². The van der Waals surface area contributed by atoms with Crippen molar-refractivity contribution in [2.45, 2.75) is 26.4 Å². The molecule has 0 amide bonds. The molecule has 32 heavy (non-hydrogen) atoms. The van der Waals surface area contributed by atoms with E-state index < -0.39 is 0 Å². The van der Waals surface area contributed by atoms with Crippen LogP contribution in [0.25, 0.3) is 0 Å². The van der Waals surface area contributed by atoms with Crippen LogP contribution in [0.5, 0.6) is 11.5 Å². The molecule has 0 bridgehead atoms. The fourth-order valence-electron chi connectivity index (χ4n) is 3.16. The van der Waals surface area contributed by atoms with Crippen molar-refractivity contribution in [3.63, 3.8) is 0 Å². The third-order valence-corrected chi connectivity index (χ3v) is 5.02. The lowest BCUT2D eigenvalue weighted by molar-refractivity contribution is 0.281. The fourth-order valence-corrected chi connectivity index (χ4v) is 3.16. The largest absolute Gasteiger partial charge is 0.497 e. The van der Waals surface area contributed by atoms with Gasteiger partial charge in [-0.1, -0.05) is 37.3 Å². The summed E-state index contributed by atoms with van der Waals surface area (Å²) < 4.78 is 13.2. The lowest BCUT2D eigenvalue weighted by Crippen LogP contribution is -2.42. The number of aryl methyl sites for hydroxylation is 1. The molecular formula is C24H32N6O2. The van der Waals surface area contributed by atoms with Crippen LogP contribution in [-0.2, 0) is 19.5 Å². The number of hydrogen-bond donors (Lipinski definition) is 1. The maximum atomic E-state index is 5.85. The molecular weight excluding hydrogens is 404 g/mol. The van der Waals surface area contributed by atoms with Crippen molar-refractivity contribution in [3.05, 3.63) is 72.3 Å². The number of hydrogen-bond acceptors (Lipinski definition) is 5. The fraction of sp³-hybridized carbons (Fsp3) is 0.375. The van der Waals surface area contributed by atoms with E-state index in [0.29, 0.717) is 19.7 Å². The lowest BCUT2D eigenvalue weighted by Gasteiger charge is -2.23. The molecule has 0 unspecified atom stereocenters. The number of ether oxygens (including phenoxy) is 2. The zero-order valence-electron chi connectivity index (χ0n) is 19.1. The van der Waals surface area contributed by atoms with Gasteiger partial charge in [0.05, 0.1) is 20.2 Å². The van der Waals surface area contributed by atoms with E-state index in [0.717, 1.165) is 48.4 Å². The van der Waals surface area contributed by atoms with Gasteiger partial charge in [-0.05, 0) is 29.8 Å². The molecule has 3 rings (SSSR count). The average molecular weight is 437 g/mol. The standard InChI is InChI=1S/C24H32N6O2/c1-4-23-28-27-19-30(23)15-14-25-24(26-18-20-10-12-21(31-3)13-11-20)29(2)16-17-32-22-8-6-5-7-9-22/h5-13,19H,4,14-18H2,1-3H3,(H,25,26). The molecule has 8 heteroatoms. The summed E-state index contributed by atoms with van der Waals surface area (Å²) in [4.78, 5) is 6.91. The van der Waals surface area contributed by atoms with Crippen molar-refractivity contribution in [2.75, 3.05) is 33.9 Å². The molecule has 8 nitrogen and oxygen atoms in total. The summed E-state index contributed by atoms with van der Waals surface area (Å²) in [6.07, 6.45) is 2.63. The molecule has 0 aliphatic rings. The summed E-state index contributed by atoms with van der Waals surface area (Å²) >= 11 is 0. The zero-order chi connectivity index (χ0) is 22.6. The predicted molar refractivity (Wildman–Crippen MR) is 126 cm³/mol. The number of methoxy groups -OCH3 is 1. The van der Waals surface area contributed by atoms with E-state index in [9.17, 15) is 0 Å². The van der Waals surface area contributed by atoms with E-state index in [4.69, 9.17) is 14.5 Å². The van der Waals surface area contributed by atoms with E-state index >= 15 is 0 Å². The van der Waals surface area contributed by atoms with Gasteiger partial charge in [-0.3, -0.25) is 0 Å². The average Bonchev–Trinajstić information content (AvgIpc) is 3.29. The van der Waals surface area contributed by atoms with E-state index in [1.807, 2.05) is 61.6 Å². The summed E-state index contributed by atoms with van der Waals surface area (Å²) in [5.41, 5.74) is 1.12. The van der Waals surface area contributed by atoms with Gasteiger partial charge in [-0.25, -0.2) is 4.99 Å². The van der Waals surface area contributed by atoms with Gasteiger partial charge in [-0.15, -0.1) is 10.2 Å². The highest BCUT2D eigenvalue weighted by atomic mass is 16.5. The molecule has 0 atom stereocenters. The van der Waals surface area contributed by atoms with Crippen LogP contribution in [0.2, 0.25) is 0 Å². The first kappa shape index (κ1) is 23.1. The van der Waals surface area contributed by atoms with E-state index in [1.54, 1.807) is 13.4 Å². The molecule has 0 aliphatic heterocycles. The second-order valence-corrected chi connectivity index (χ2v) is 7.29. The van der Waals surface area contributed by atoms with Crippen LogP contribution in [0.15, 0.2) is 65.9 Å². The van der Waals surface area contributed by atoms with Crippen molar-refractivity contribution >= 4 is 5.96 Å². The smallest absolute Gasteiger partial charge is 0.194 e. The summed E-state index contributed by atoms with van der Waals surface area (Å²) in [5.74, 6) is 3.51. The predicted octanol–water partition coefficient (Wildman–Crippen LogP) is 3.01. The first-order valence-corrected chi connectivity index (χ1v) is 10.9. The number of aliphatic imine (C=N–C) groups is 1. The Balaban J connectivity index is 1.60. The van der Waals surface area contributed by atoms with Gasteiger partial charge in [-0.2, -0.15) is 0 Å². The second-order valence-electron chi connectivity index (χ2n) is 7.29. The monoisotopic (exact) mass is 436 g/mol. The van der Waals surface area contributed by atoms with Gasteiger partial charge in [0, 0.05) is 26.6 Å².